The molecule has 3 atom stereocenters. The van der Waals surface area contributed by atoms with Crippen LogP contribution in [-0.4, -0.2) is 45.2 Å². The largest absolute Gasteiger partial charge is 0.483 e. The highest BCUT2D eigenvalue weighted by molar-refractivity contribution is 5.99. The van der Waals surface area contributed by atoms with Gasteiger partial charge in [-0.3, -0.25) is 14.4 Å². The standard InChI is InChI=1S/C31H29F3N4O5/c1-17-12-31(43-36-17)9-8-18(2)37-15-25(31)38-14-22(29(40)35-13-21-23(33)10-20(32)11-24(21)34)27(39)28(26(38)30(37)41)42-16-19-6-4-3-5-7-19/h3-7,10-11,14,18,25H,8-9,12-13,15-16H2,1-2H3,(H,35,40)/t18-,25+,31+/m0/s1. The van der Waals surface area contributed by atoms with Crippen molar-refractivity contribution >= 4 is 17.5 Å². The number of carbonyl (C=O) groups is 2. The predicted molar refractivity (Wildman–Crippen MR) is 149 cm³/mol. The number of fused-ring (bicyclic) bond motifs is 5. The van der Waals surface area contributed by atoms with Crippen LogP contribution >= 0.6 is 0 Å². The minimum absolute atomic E-state index is 0.00867. The summed E-state index contributed by atoms with van der Waals surface area (Å²) >= 11 is 0. The van der Waals surface area contributed by atoms with Crippen LogP contribution in [0.3, 0.4) is 0 Å². The van der Waals surface area contributed by atoms with Crippen molar-refractivity contribution in [2.45, 2.75) is 63.9 Å². The Balaban J connectivity index is 1.45. The number of benzene rings is 2. The summed E-state index contributed by atoms with van der Waals surface area (Å²) in [6, 6.07) is 9.34. The third-order valence-electron chi connectivity index (χ3n) is 8.43. The number of aromatic nitrogens is 1. The van der Waals surface area contributed by atoms with Gasteiger partial charge in [-0.2, -0.15) is 0 Å². The lowest BCUT2D eigenvalue weighted by Gasteiger charge is -2.42. The first kappa shape index (κ1) is 28.5. The van der Waals surface area contributed by atoms with Gasteiger partial charge in [0, 0.05) is 49.4 Å². The molecule has 0 radical (unpaired) electrons. The van der Waals surface area contributed by atoms with Crippen LogP contribution in [0.15, 0.2) is 58.6 Å². The molecule has 2 amide bonds. The molecule has 9 nitrogen and oxygen atoms in total. The van der Waals surface area contributed by atoms with Crippen LogP contribution in [-0.2, 0) is 18.0 Å². The first-order valence-electron chi connectivity index (χ1n) is 14.0. The molecule has 224 valence electrons. The minimum Gasteiger partial charge on any atom is -0.483 e. The monoisotopic (exact) mass is 594 g/mol. The highest BCUT2D eigenvalue weighted by atomic mass is 19.1. The maximum Gasteiger partial charge on any atom is 0.274 e. The molecule has 0 aliphatic carbocycles. The molecule has 1 fully saturated rings. The van der Waals surface area contributed by atoms with E-state index in [0.29, 0.717) is 31.4 Å². The van der Waals surface area contributed by atoms with Crippen molar-refractivity contribution in [3.8, 4) is 5.75 Å². The van der Waals surface area contributed by atoms with Crippen LogP contribution in [0.5, 0.6) is 5.75 Å². The van der Waals surface area contributed by atoms with E-state index >= 15 is 0 Å². The highest BCUT2D eigenvalue weighted by Crippen LogP contribution is 2.46. The summed E-state index contributed by atoms with van der Waals surface area (Å²) in [5, 5.41) is 6.57. The Morgan fingerprint density at radius 2 is 1.88 bits per heavy atom. The maximum atomic E-state index is 14.3. The van der Waals surface area contributed by atoms with Crippen molar-refractivity contribution in [3.05, 3.63) is 98.7 Å². The summed E-state index contributed by atoms with van der Waals surface area (Å²) in [6.45, 7) is 3.33. The third-order valence-corrected chi connectivity index (χ3v) is 8.43. The summed E-state index contributed by atoms with van der Waals surface area (Å²) in [5.41, 5.74) is -1.14. The molecule has 3 aliphatic rings. The number of pyridine rings is 1. The molecule has 2 bridgehead atoms. The average molecular weight is 595 g/mol. The van der Waals surface area contributed by atoms with E-state index in [2.05, 4.69) is 10.5 Å². The number of hydrogen-bond acceptors (Lipinski definition) is 6. The SMILES string of the molecule is CC1=NO[C@]2(CC[C@H](C)N3C[C@H]2n2cc(C(=O)NCc4c(F)cc(F)cc4F)c(=O)c(OCc4ccccc4)c2C3=O)C1. The van der Waals surface area contributed by atoms with Crippen LogP contribution in [0.4, 0.5) is 13.2 Å². The Hall–Kier alpha value is -4.61. The van der Waals surface area contributed by atoms with Crippen LogP contribution in [0.2, 0.25) is 0 Å². The number of oxime groups is 1. The van der Waals surface area contributed by atoms with Gasteiger partial charge in [0.25, 0.3) is 11.8 Å². The lowest BCUT2D eigenvalue weighted by molar-refractivity contribution is -0.0656. The van der Waals surface area contributed by atoms with E-state index in [4.69, 9.17) is 9.57 Å². The molecule has 6 rings (SSSR count). The van der Waals surface area contributed by atoms with E-state index in [-0.39, 0.29) is 36.2 Å². The molecular formula is C31H29F3N4O5. The van der Waals surface area contributed by atoms with Crippen molar-refractivity contribution in [2.75, 3.05) is 6.54 Å². The molecule has 1 spiro atoms. The Bertz CT molecular complexity index is 1690. The molecule has 1 N–H and O–H groups in total. The number of ether oxygens (including phenoxy) is 1. The number of amides is 2. The Morgan fingerprint density at radius 1 is 1.16 bits per heavy atom. The predicted octanol–water partition coefficient (Wildman–Crippen LogP) is 4.49. The molecule has 0 saturated carbocycles. The summed E-state index contributed by atoms with van der Waals surface area (Å²) in [6.07, 6.45) is 2.98. The van der Waals surface area contributed by atoms with Gasteiger partial charge >= 0.3 is 0 Å². The maximum absolute atomic E-state index is 14.3. The van der Waals surface area contributed by atoms with E-state index in [0.717, 1.165) is 11.3 Å². The van der Waals surface area contributed by atoms with Crippen LogP contribution < -0.4 is 15.5 Å². The molecule has 43 heavy (non-hydrogen) atoms. The van der Waals surface area contributed by atoms with Crippen molar-refractivity contribution in [3.63, 3.8) is 0 Å². The van der Waals surface area contributed by atoms with Gasteiger partial charge in [0.1, 0.15) is 29.6 Å². The normalized spacial score (nSPS) is 22.5. The van der Waals surface area contributed by atoms with Gasteiger partial charge in [0.05, 0.1) is 11.8 Å². The van der Waals surface area contributed by atoms with Gasteiger partial charge in [-0.1, -0.05) is 35.5 Å². The van der Waals surface area contributed by atoms with E-state index in [1.165, 1.54) is 6.20 Å². The van der Waals surface area contributed by atoms with Crippen molar-refractivity contribution in [2.24, 2.45) is 5.16 Å². The van der Waals surface area contributed by atoms with Gasteiger partial charge in [-0.25, -0.2) is 13.2 Å². The number of nitrogens with one attached hydrogen (secondary N) is 1. The number of rotatable bonds is 6. The zero-order chi connectivity index (χ0) is 30.5. The zero-order valence-corrected chi connectivity index (χ0v) is 23.5. The van der Waals surface area contributed by atoms with Gasteiger partial charge in [0.2, 0.25) is 5.43 Å². The molecular weight excluding hydrogens is 565 g/mol. The molecule has 12 heteroatoms. The molecule has 0 unspecified atom stereocenters. The summed E-state index contributed by atoms with van der Waals surface area (Å²) in [7, 11) is 0. The zero-order valence-electron chi connectivity index (χ0n) is 23.5. The summed E-state index contributed by atoms with van der Waals surface area (Å²) in [5.74, 6) is -5.13. The highest BCUT2D eigenvalue weighted by Gasteiger charge is 2.54. The number of hydrogen-bond donors (Lipinski definition) is 1. The first-order chi connectivity index (χ1) is 20.6. The second-order valence-corrected chi connectivity index (χ2v) is 11.3. The van der Waals surface area contributed by atoms with Crippen LogP contribution in [0, 0.1) is 17.5 Å². The van der Waals surface area contributed by atoms with E-state index in [1.807, 2.05) is 19.9 Å². The van der Waals surface area contributed by atoms with E-state index in [9.17, 15) is 27.6 Å². The second kappa shape index (κ2) is 10.9. The fourth-order valence-electron chi connectivity index (χ4n) is 6.14. The molecule has 2 aromatic carbocycles. The molecule has 1 saturated heterocycles. The fraction of sp³-hybridized carbons (Fsp3) is 0.355. The summed E-state index contributed by atoms with van der Waals surface area (Å²) < 4.78 is 49.5. The number of nitrogens with zero attached hydrogens (tertiary/aromatic N) is 3. The van der Waals surface area contributed by atoms with Crippen molar-refractivity contribution in [1.82, 2.24) is 14.8 Å². The van der Waals surface area contributed by atoms with E-state index < -0.39 is 58.4 Å². The van der Waals surface area contributed by atoms with Gasteiger partial charge in [-0.15, -0.1) is 0 Å². The lowest BCUT2D eigenvalue weighted by atomic mass is 9.84. The molecule has 3 aliphatic heterocycles. The lowest BCUT2D eigenvalue weighted by Crippen LogP contribution is -2.52. The molecule has 3 aromatic rings. The van der Waals surface area contributed by atoms with Gasteiger partial charge < -0.3 is 24.4 Å². The second-order valence-electron chi connectivity index (χ2n) is 11.3. The van der Waals surface area contributed by atoms with Crippen molar-refractivity contribution in [1.29, 1.82) is 0 Å². The molecule has 1 aromatic heterocycles. The van der Waals surface area contributed by atoms with Gasteiger partial charge in [-0.05, 0) is 32.3 Å². The first-order valence-corrected chi connectivity index (χ1v) is 14.0. The average Bonchev–Trinajstić information content (AvgIpc) is 3.30. The Labute approximate surface area is 244 Å². The quantitative estimate of drug-likeness (QED) is 0.453. The topological polar surface area (TPSA) is 102 Å². The summed E-state index contributed by atoms with van der Waals surface area (Å²) in [4.78, 5) is 49.0. The van der Waals surface area contributed by atoms with E-state index in [1.54, 1.807) is 33.7 Å². The van der Waals surface area contributed by atoms with Crippen LogP contribution in [0.25, 0.3) is 0 Å². The number of carbonyl (C=O) groups excluding carboxylic acids is 2. The van der Waals surface area contributed by atoms with Crippen molar-refractivity contribution < 1.29 is 32.3 Å². The minimum atomic E-state index is -1.18. The smallest absolute Gasteiger partial charge is 0.274 e. The third kappa shape index (κ3) is 5.04. The molecule has 4 heterocycles. The Kier molecular flexibility index (Phi) is 7.23. The fourth-order valence-corrected chi connectivity index (χ4v) is 6.14. The van der Waals surface area contributed by atoms with Gasteiger partial charge in [0.15, 0.2) is 17.0 Å². The van der Waals surface area contributed by atoms with Crippen LogP contribution in [0.1, 0.15) is 71.1 Å². The number of halogens is 3. The Morgan fingerprint density at radius 3 is 2.56 bits per heavy atom.